The van der Waals surface area contributed by atoms with Crippen LogP contribution >= 0.6 is 0 Å². The molecule has 38 heavy (non-hydrogen) atoms. The molecular formula is C27H20F2N4O4S. The maximum Gasteiger partial charge on any atom is 0.263 e. The highest BCUT2D eigenvalue weighted by atomic mass is 32.2. The van der Waals surface area contributed by atoms with E-state index in [1.54, 1.807) is 13.0 Å². The predicted molar refractivity (Wildman–Crippen MR) is 139 cm³/mol. The molecule has 0 spiro atoms. The smallest absolute Gasteiger partial charge is 0.263 e. The molecule has 0 aliphatic heterocycles. The highest BCUT2D eigenvalue weighted by Gasteiger charge is 2.20. The molecule has 2 heterocycles. The van der Waals surface area contributed by atoms with Crippen molar-refractivity contribution in [2.45, 2.75) is 11.8 Å². The summed E-state index contributed by atoms with van der Waals surface area (Å²) in [6, 6.07) is 16.7. The molecule has 0 saturated heterocycles. The van der Waals surface area contributed by atoms with E-state index in [-0.39, 0.29) is 27.7 Å². The monoisotopic (exact) mass is 534 g/mol. The molecule has 0 unspecified atom stereocenters. The number of hydrogen-bond acceptors (Lipinski definition) is 6. The number of aromatic nitrogens is 3. The first-order valence-electron chi connectivity index (χ1n) is 11.3. The quantitative estimate of drug-likeness (QED) is 0.334. The Balaban J connectivity index is 1.63. The summed E-state index contributed by atoms with van der Waals surface area (Å²) in [5.74, 6) is -0.815. The van der Waals surface area contributed by atoms with Gasteiger partial charge in [0, 0.05) is 29.3 Å². The number of pyridine rings is 1. The van der Waals surface area contributed by atoms with Gasteiger partial charge in [-0.15, -0.1) is 5.10 Å². The van der Waals surface area contributed by atoms with Gasteiger partial charge in [-0.2, -0.15) is 5.10 Å². The van der Waals surface area contributed by atoms with E-state index in [0.717, 1.165) is 6.07 Å². The van der Waals surface area contributed by atoms with E-state index in [1.807, 2.05) is 0 Å². The van der Waals surface area contributed by atoms with E-state index >= 15 is 4.39 Å². The van der Waals surface area contributed by atoms with Crippen LogP contribution in [0.15, 0.2) is 88.7 Å². The molecule has 0 amide bonds. The molecule has 5 aromatic rings. The maximum absolute atomic E-state index is 15.4. The molecule has 0 radical (unpaired) electrons. The zero-order valence-electron chi connectivity index (χ0n) is 20.1. The molecule has 0 aliphatic carbocycles. The molecule has 5 rings (SSSR count). The number of nitrogens with zero attached hydrogens (tertiary/aromatic N) is 3. The van der Waals surface area contributed by atoms with E-state index in [9.17, 15) is 17.6 Å². The topological polar surface area (TPSA) is 103 Å². The van der Waals surface area contributed by atoms with Crippen molar-refractivity contribution in [1.82, 2.24) is 14.8 Å². The van der Waals surface area contributed by atoms with Gasteiger partial charge in [-0.25, -0.2) is 17.2 Å². The number of benzene rings is 3. The van der Waals surface area contributed by atoms with Gasteiger partial charge >= 0.3 is 0 Å². The maximum atomic E-state index is 15.4. The van der Waals surface area contributed by atoms with Crippen molar-refractivity contribution in [1.29, 1.82) is 0 Å². The van der Waals surface area contributed by atoms with Crippen LogP contribution in [0.25, 0.3) is 27.7 Å². The van der Waals surface area contributed by atoms with Crippen molar-refractivity contribution in [3.63, 3.8) is 0 Å². The highest BCUT2D eigenvalue weighted by Crippen LogP contribution is 2.34. The molecule has 0 atom stereocenters. The van der Waals surface area contributed by atoms with Gasteiger partial charge in [0.2, 0.25) is 0 Å². The van der Waals surface area contributed by atoms with Crippen molar-refractivity contribution >= 4 is 26.7 Å². The Morgan fingerprint density at radius 1 is 0.947 bits per heavy atom. The summed E-state index contributed by atoms with van der Waals surface area (Å²) >= 11 is 0. The fourth-order valence-corrected chi connectivity index (χ4v) is 5.14. The fourth-order valence-electron chi connectivity index (χ4n) is 4.11. The zero-order valence-corrected chi connectivity index (χ0v) is 21.0. The van der Waals surface area contributed by atoms with Gasteiger partial charge in [0.1, 0.15) is 17.4 Å². The summed E-state index contributed by atoms with van der Waals surface area (Å²) in [5, 5.41) is 7.79. The van der Waals surface area contributed by atoms with Crippen molar-refractivity contribution in [2.75, 3.05) is 11.8 Å². The third kappa shape index (κ3) is 4.59. The first-order chi connectivity index (χ1) is 18.2. The number of nitrogens with one attached hydrogen (secondary N) is 1. The number of rotatable bonds is 6. The Morgan fingerprint density at radius 2 is 1.76 bits per heavy atom. The molecule has 1 N–H and O–H groups in total. The second-order valence-electron chi connectivity index (χ2n) is 8.41. The summed E-state index contributed by atoms with van der Waals surface area (Å²) in [4.78, 5) is 12.9. The minimum absolute atomic E-state index is 0.0502. The minimum atomic E-state index is -4.01. The second kappa shape index (κ2) is 9.67. The van der Waals surface area contributed by atoms with Gasteiger partial charge < -0.3 is 4.74 Å². The first kappa shape index (κ1) is 25.0. The zero-order chi connectivity index (χ0) is 27.0. The Labute approximate surface area is 216 Å². The molecule has 192 valence electrons. The van der Waals surface area contributed by atoms with Crippen LogP contribution in [0.2, 0.25) is 0 Å². The van der Waals surface area contributed by atoms with Crippen LogP contribution in [0.5, 0.6) is 5.75 Å². The van der Waals surface area contributed by atoms with E-state index in [2.05, 4.69) is 14.9 Å². The largest absolute Gasteiger partial charge is 0.495 e. The van der Waals surface area contributed by atoms with Crippen LogP contribution in [0.1, 0.15) is 5.56 Å². The van der Waals surface area contributed by atoms with E-state index in [1.165, 1.54) is 78.5 Å². The summed E-state index contributed by atoms with van der Waals surface area (Å²) in [7, 11) is -2.62. The van der Waals surface area contributed by atoms with Crippen LogP contribution in [0.4, 0.5) is 14.6 Å². The number of aryl methyl sites for hydroxylation is 1. The average Bonchev–Trinajstić information content (AvgIpc) is 2.90. The van der Waals surface area contributed by atoms with Crippen molar-refractivity contribution in [3.8, 4) is 22.6 Å². The third-order valence-corrected chi connectivity index (χ3v) is 7.32. The standard InChI is InChI=1S/C27H20F2N4O4S/c1-16-12-17(5-8-21(16)28)20-14-25(37-2)24(15-22(20)29)33-23-9-7-19(13-18(23)6-10-27(33)34)38(35,36)32-26-4-3-11-30-31-26/h3-15H,1-2H3,(H,31,32). The molecular weight excluding hydrogens is 514 g/mol. The number of fused-ring (bicyclic) bond motifs is 1. The van der Waals surface area contributed by atoms with Gasteiger partial charge in [0.05, 0.1) is 23.2 Å². The third-order valence-electron chi connectivity index (χ3n) is 5.97. The molecule has 11 heteroatoms. The van der Waals surface area contributed by atoms with E-state index in [4.69, 9.17) is 4.74 Å². The molecule has 3 aromatic carbocycles. The van der Waals surface area contributed by atoms with Crippen LogP contribution < -0.4 is 15.0 Å². The number of methoxy groups -OCH3 is 1. The predicted octanol–water partition coefficient (Wildman–Crippen LogP) is 4.84. The number of ether oxygens (including phenoxy) is 1. The highest BCUT2D eigenvalue weighted by molar-refractivity contribution is 7.92. The Hall–Kier alpha value is -4.64. The Bertz CT molecular complexity index is 1860. The summed E-state index contributed by atoms with van der Waals surface area (Å²) in [6.07, 6.45) is 1.41. The lowest BCUT2D eigenvalue weighted by molar-refractivity contribution is 0.412. The van der Waals surface area contributed by atoms with Crippen molar-refractivity contribution < 1.29 is 21.9 Å². The van der Waals surface area contributed by atoms with Crippen LogP contribution in [-0.2, 0) is 10.0 Å². The number of anilines is 1. The summed E-state index contributed by atoms with van der Waals surface area (Å²) < 4.78 is 64.0. The Morgan fingerprint density at radius 3 is 2.47 bits per heavy atom. The summed E-state index contributed by atoms with van der Waals surface area (Å²) in [5.41, 5.74) is 0.951. The lowest BCUT2D eigenvalue weighted by Crippen LogP contribution is -2.19. The normalized spacial score (nSPS) is 11.5. The van der Waals surface area contributed by atoms with Crippen molar-refractivity contribution in [2.24, 2.45) is 0 Å². The summed E-state index contributed by atoms with van der Waals surface area (Å²) in [6.45, 7) is 1.58. The minimum Gasteiger partial charge on any atom is -0.495 e. The van der Waals surface area contributed by atoms with Gasteiger partial charge in [0.25, 0.3) is 15.6 Å². The molecule has 0 aliphatic rings. The van der Waals surface area contributed by atoms with Crippen LogP contribution in [-0.4, -0.2) is 30.3 Å². The van der Waals surface area contributed by atoms with Crippen LogP contribution in [0, 0.1) is 18.6 Å². The average molecular weight is 535 g/mol. The fraction of sp³-hybridized carbons (Fsp3) is 0.0741. The second-order valence-corrected chi connectivity index (χ2v) is 10.1. The van der Waals surface area contributed by atoms with Crippen LogP contribution in [0.3, 0.4) is 0 Å². The molecule has 8 nitrogen and oxygen atoms in total. The SMILES string of the molecule is COc1cc(-c2ccc(F)c(C)c2)c(F)cc1-n1c(=O)ccc2cc(S(=O)(=O)Nc3cccnn3)ccc21. The molecule has 0 fully saturated rings. The lowest BCUT2D eigenvalue weighted by atomic mass is 10.0. The lowest BCUT2D eigenvalue weighted by Gasteiger charge is -2.17. The molecule has 0 saturated carbocycles. The molecule has 2 aromatic heterocycles. The number of hydrogen-bond donors (Lipinski definition) is 1. The first-order valence-corrected chi connectivity index (χ1v) is 12.8. The number of sulfonamides is 1. The number of halogens is 2. The van der Waals surface area contributed by atoms with E-state index < -0.39 is 27.2 Å². The molecule has 0 bridgehead atoms. The van der Waals surface area contributed by atoms with Gasteiger partial charge in [-0.1, -0.05) is 6.07 Å². The van der Waals surface area contributed by atoms with Gasteiger partial charge in [-0.05, 0) is 72.6 Å². The Kier molecular flexibility index (Phi) is 6.37. The van der Waals surface area contributed by atoms with E-state index in [0.29, 0.717) is 22.0 Å². The van der Waals surface area contributed by atoms with Crippen molar-refractivity contribution in [3.05, 3.63) is 107 Å². The van der Waals surface area contributed by atoms with Gasteiger partial charge in [0.15, 0.2) is 5.82 Å². The van der Waals surface area contributed by atoms with Gasteiger partial charge in [-0.3, -0.25) is 14.1 Å².